The first-order chi connectivity index (χ1) is 9.91. The first-order valence-electron chi connectivity index (χ1n) is 7.27. The van der Waals surface area contributed by atoms with Gasteiger partial charge in [0.25, 0.3) is 0 Å². The van der Waals surface area contributed by atoms with Crippen molar-refractivity contribution in [1.29, 1.82) is 0 Å². The van der Waals surface area contributed by atoms with Gasteiger partial charge in [-0.05, 0) is 20.3 Å². The molecule has 120 valence electrons. The molecule has 8 heteroatoms. The Morgan fingerprint density at radius 2 is 2.14 bits per heavy atom. The summed E-state index contributed by atoms with van der Waals surface area (Å²) in [5, 5.41) is 4.71. The topological polar surface area (TPSA) is 81.2 Å². The van der Waals surface area contributed by atoms with Crippen molar-refractivity contribution in [2.24, 2.45) is 5.73 Å². The largest absolute Gasteiger partial charge is 0.329 e. The van der Waals surface area contributed by atoms with Gasteiger partial charge in [0.05, 0.1) is 17.9 Å². The average molecular weight is 332 g/mol. The van der Waals surface area contributed by atoms with Crippen LogP contribution in [0.3, 0.4) is 0 Å². The van der Waals surface area contributed by atoms with Crippen molar-refractivity contribution in [3.8, 4) is 0 Å². The third-order valence-electron chi connectivity index (χ3n) is 3.81. The van der Waals surface area contributed by atoms with E-state index in [1.165, 1.54) is 0 Å². The Kier molecular flexibility index (Phi) is 5.34. The van der Waals surface area contributed by atoms with Crippen molar-refractivity contribution >= 4 is 21.8 Å². The molecule has 1 aromatic heterocycles. The van der Waals surface area contributed by atoms with Gasteiger partial charge in [-0.15, -0.1) is 0 Å². The predicted octanol–water partition coefficient (Wildman–Crippen LogP) is 0.975. The summed E-state index contributed by atoms with van der Waals surface area (Å²) < 4.78 is 29.2. The molecule has 2 N–H and O–H groups in total. The van der Waals surface area contributed by atoms with Gasteiger partial charge in [-0.2, -0.15) is 21.2 Å². The van der Waals surface area contributed by atoms with E-state index in [1.54, 1.807) is 22.8 Å². The summed E-state index contributed by atoms with van der Waals surface area (Å²) >= 11 is 1.86. The average Bonchev–Trinajstić information content (AvgIpc) is 2.74. The van der Waals surface area contributed by atoms with Crippen LogP contribution in [0, 0.1) is 13.8 Å². The third-order valence-corrected chi connectivity index (χ3v) is 7.30. The van der Waals surface area contributed by atoms with Crippen molar-refractivity contribution in [3.63, 3.8) is 0 Å². The molecule has 0 aromatic carbocycles. The number of thioether (sulfide) groups is 1. The van der Waals surface area contributed by atoms with Crippen molar-refractivity contribution in [2.45, 2.75) is 43.9 Å². The fourth-order valence-corrected chi connectivity index (χ4v) is 5.93. The molecular weight excluding hydrogens is 308 g/mol. The smallest absolute Gasteiger partial charge is 0.246 e. The maximum atomic E-state index is 12.9. The minimum Gasteiger partial charge on any atom is -0.329 e. The predicted molar refractivity (Wildman–Crippen MR) is 86.1 cm³/mol. The van der Waals surface area contributed by atoms with Crippen molar-refractivity contribution < 1.29 is 8.42 Å². The summed E-state index contributed by atoms with van der Waals surface area (Å²) in [6.07, 6.45) is 0.987. The highest BCUT2D eigenvalue weighted by molar-refractivity contribution is 8.00. The Morgan fingerprint density at radius 1 is 1.43 bits per heavy atom. The minimum absolute atomic E-state index is 0.359. The van der Waals surface area contributed by atoms with Crippen molar-refractivity contribution in [2.75, 3.05) is 25.4 Å². The van der Waals surface area contributed by atoms with Crippen LogP contribution >= 0.6 is 11.8 Å². The van der Waals surface area contributed by atoms with E-state index in [-0.39, 0.29) is 0 Å². The molecule has 0 spiro atoms. The van der Waals surface area contributed by atoms with Gasteiger partial charge in [-0.3, -0.25) is 4.68 Å². The van der Waals surface area contributed by atoms with Gasteiger partial charge in [0, 0.05) is 30.6 Å². The number of sulfonamides is 1. The number of aromatic nitrogens is 2. The van der Waals surface area contributed by atoms with Gasteiger partial charge in [-0.1, -0.05) is 6.92 Å². The van der Waals surface area contributed by atoms with Crippen LogP contribution in [0.2, 0.25) is 0 Å². The van der Waals surface area contributed by atoms with Crippen LogP contribution in [0.4, 0.5) is 0 Å². The lowest BCUT2D eigenvalue weighted by atomic mass is 10.3. The fraction of sp³-hybridized carbons (Fsp3) is 0.769. The Labute approximate surface area is 131 Å². The number of rotatable bonds is 5. The van der Waals surface area contributed by atoms with Crippen LogP contribution in [-0.4, -0.2) is 53.1 Å². The molecule has 2 heterocycles. The lowest BCUT2D eigenvalue weighted by Gasteiger charge is -2.31. The summed E-state index contributed by atoms with van der Waals surface area (Å²) in [5.74, 6) is 0.854. The molecule has 21 heavy (non-hydrogen) atoms. The monoisotopic (exact) mass is 332 g/mol. The van der Waals surface area contributed by atoms with Gasteiger partial charge in [0.1, 0.15) is 4.90 Å². The summed E-state index contributed by atoms with van der Waals surface area (Å²) in [6.45, 7) is 7.80. The van der Waals surface area contributed by atoms with Crippen LogP contribution in [0.15, 0.2) is 4.90 Å². The number of aryl methyl sites for hydroxylation is 1. The zero-order valence-corrected chi connectivity index (χ0v) is 14.5. The Morgan fingerprint density at radius 3 is 2.76 bits per heavy atom. The third kappa shape index (κ3) is 3.28. The van der Waals surface area contributed by atoms with Crippen LogP contribution in [0.1, 0.15) is 24.7 Å². The molecule has 1 aromatic rings. The Balaban J connectivity index is 2.35. The fourth-order valence-electron chi connectivity index (χ4n) is 2.68. The highest BCUT2D eigenvalue weighted by atomic mass is 32.2. The quantitative estimate of drug-likeness (QED) is 0.869. The van der Waals surface area contributed by atoms with Gasteiger partial charge in [0.15, 0.2) is 0 Å². The molecule has 6 nitrogen and oxygen atoms in total. The second-order valence-electron chi connectivity index (χ2n) is 5.28. The maximum absolute atomic E-state index is 12.9. The first kappa shape index (κ1) is 16.8. The number of hydrogen-bond acceptors (Lipinski definition) is 5. The summed E-state index contributed by atoms with van der Waals surface area (Å²) in [6, 6.07) is 0. The van der Waals surface area contributed by atoms with Gasteiger partial charge < -0.3 is 5.73 Å². The second-order valence-corrected chi connectivity index (χ2v) is 8.56. The molecule has 1 fully saturated rings. The molecule has 1 unspecified atom stereocenters. The lowest BCUT2D eigenvalue weighted by Crippen LogP contribution is -2.42. The van der Waals surface area contributed by atoms with E-state index in [4.69, 9.17) is 5.73 Å². The lowest BCUT2D eigenvalue weighted by molar-refractivity contribution is 0.415. The molecular formula is C13H24N4O2S2. The van der Waals surface area contributed by atoms with E-state index in [2.05, 4.69) is 12.0 Å². The van der Waals surface area contributed by atoms with Gasteiger partial charge in [-0.25, -0.2) is 8.42 Å². The Hall–Kier alpha value is -0.570. The SMILES string of the molecule is CCC1CN(S(=O)(=O)c2c(C)nn(CCN)c2C)CCS1. The second kappa shape index (κ2) is 6.68. The van der Waals surface area contributed by atoms with Crippen LogP contribution in [-0.2, 0) is 16.6 Å². The zero-order chi connectivity index (χ0) is 15.6. The molecule has 0 amide bonds. The van der Waals surface area contributed by atoms with E-state index in [9.17, 15) is 8.42 Å². The molecule has 0 radical (unpaired) electrons. The molecule has 0 bridgehead atoms. The van der Waals surface area contributed by atoms with E-state index in [0.29, 0.717) is 47.7 Å². The zero-order valence-electron chi connectivity index (χ0n) is 12.9. The Bertz CT molecular complexity index is 598. The van der Waals surface area contributed by atoms with Gasteiger partial charge in [0.2, 0.25) is 10.0 Å². The molecule has 1 aliphatic heterocycles. The first-order valence-corrected chi connectivity index (χ1v) is 9.76. The summed E-state index contributed by atoms with van der Waals surface area (Å²) in [5.41, 5.74) is 6.80. The number of hydrogen-bond donors (Lipinski definition) is 1. The molecule has 0 aliphatic carbocycles. The van der Waals surface area contributed by atoms with E-state index < -0.39 is 10.0 Å². The highest BCUT2D eigenvalue weighted by Crippen LogP contribution is 2.29. The molecule has 1 atom stereocenters. The molecule has 1 saturated heterocycles. The maximum Gasteiger partial charge on any atom is 0.246 e. The number of nitrogens with zero attached hydrogens (tertiary/aromatic N) is 3. The van der Waals surface area contributed by atoms with Gasteiger partial charge >= 0.3 is 0 Å². The normalized spacial score (nSPS) is 20.9. The van der Waals surface area contributed by atoms with Crippen molar-refractivity contribution in [1.82, 2.24) is 14.1 Å². The summed E-state index contributed by atoms with van der Waals surface area (Å²) in [7, 11) is -3.47. The standard InChI is InChI=1S/C13H24N4O2S2/c1-4-12-9-16(7-8-20-12)21(18,19)13-10(2)15-17(6-5-14)11(13)3/h12H,4-9,14H2,1-3H3. The summed E-state index contributed by atoms with van der Waals surface area (Å²) in [4.78, 5) is 0.359. The van der Waals surface area contributed by atoms with Crippen LogP contribution in [0.25, 0.3) is 0 Å². The van der Waals surface area contributed by atoms with E-state index in [0.717, 1.165) is 12.2 Å². The van der Waals surface area contributed by atoms with Crippen LogP contribution in [0.5, 0.6) is 0 Å². The number of nitrogens with two attached hydrogens (primary N) is 1. The van der Waals surface area contributed by atoms with E-state index >= 15 is 0 Å². The van der Waals surface area contributed by atoms with Crippen LogP contribution < -0.4 is 5.73 Å². The molecule has 2 rings (SSSR count). The molecule has 0 saturated carbocycles. The highest BCUT2D eigenvalue weighted by Gasteiger charge is 2.34. The molecule has 1 aliphatic rings. The van der Waals surface area contributed by atoms with Crippen molar-refractivity contribution in [3.05, 3.63) is 11.4 Å². The van der Waals surface area contributed by atoms with E-state index in [1.807, 2.05) is 11.8 Å². The minimum atomic E-state index is -3.47.